The van der Waals surface area contributed by atoms with Crippen molar-refractivity contribution in [3.05, 3.63) is 57.6 Å². The molecule has 0 aromatic heterocycles. The average Bonchev–Trinajstić information content (AvgIpc) is 2.66. The molecule has 0 bridgehead atoms. The zero-order valence-electron chi connectivity index (χ0n) is 15.9. The quantitative estimate of drug-likeness (QED) is 0.304. The predicted octanol–water partition coefficient (Wildman–Crippen LogP) is 4.69. The Morgan fingerprint density at radius 2 is 1.31 bits per heavy atom. The van der Waals surface area contributed by atoms with Crippen molar-refractivity contribution in [2.24, 2.45) is 10.2 Å². The topological polar surface area (TPSA) is 91.1 Å². The van der Waals surface area contributed by atoms with Gasteiger partial charge in [-0.05, 0) is 50.2 Å². The van der Waals surface area contributed by atoms with Gasteiger partial charge in [0.25, 0.3) is 0 Å². The third-order valence-electron chi connectivity index (χ3n) is 3.31. The SMILES string of the molecule is CCOc1cc(Cl)ccc1C=NNC(=N)NN=Cc1ccc(Cl)cc1OCC.Cl. The highest BCUT2D eigenvalue weighted by molar-refractivity contribution is 6.31. The van der Waals surface area contributed by atoms with Crippen molar-refractivity contribution in [3.63, 3.8) is 0 Å². The molecule has 0 spiro atoms. The second kappa shape index (κ2) is 12.9. The number of guanidine groups is 1. The summed E-state index contributed by atoms with van der Waals surface area (Å²) >= 11 is 11.9. The van der Waals surface area contributed by atoms with Gasteiger partial charge < -0.3 is 9.47 Å². The number of nitrogens with zero attached hydrogens (tertiary/aromatic N) is 2. The molecule has 0 aliphatic heterocycles. The molecule has 0 atom stereocenters. The number of nitrogens with one attached hydrogen (secondary N) is 3. The molecular formula is C19H22Cl3N5O2. The summed E-state index contributed by atoms with van der Waals surface area (Å²) in [5, 5.41) is 16.9. The molecule has 0 amide bonds. The summed E-state index contributed by atoms with van der Waals surface area (Å²) in [5.74, 6) is 1.12. The van der Waals surface area contributed by atoms with E-state index >= 15 is 0 Å². The molecule has 0 unspecified atom stereocenters. The van der Waals surface area contributed by atoms with Gasteiger partial charge in [-0.3, -0.25) is 5.41 Å². The lowest BCUT2D eigenvalue weighted by atomic mass is 10.2. The summed E-state index contributed by atoms with van der Waals surface area (Å²) in [5.41, 5.74) is 6.54. The molecule has 3 N–H and O–H groups in total. The molecule has 2 aromatic carbocycles. The van der Waals surface area contributed by atoms with Crippen LogP contribution >= 0.6 is 35.6 Å². The Hall–Kier alpha value is -2.48. The van der Waals surface area contributed by atoms with E-state index in [-0.39, 0.29) is 18.4 Å². The zero-order chi connectivity index (χ0) is 20.4. The molecule has 2 rings (SSSR count). The molecule has 0 aliphatic rings. The maximum Gasteiger partial charge on any atom is 0.230 e. The zero-order valence-corrected chi connectivity index (χ0v) is 18.2. The number of hydrogen-bond donors (Lipinski definition) is 3. The van der Waals surface area contributed by atoms with Crippen molar-refractivity contribution >= 4 is 54.0 Å². The van der Waals surface area contributed by atoms with Crippen LogP contribution in [-0.4, -0.2) is 31.6 Å². The van der Waals surface area contributed by atoms with Gasteiger partial charge in [-0.2, -0.15) is 10.2 Å². The normalized spacial score (nSPS) is 10.6. The molecule has 156 valence electrons. The number of benzene rings is 2. The minimum absolute atomic E-state index is 0. The predicted molar refractivity (Wildman–Crippen MR) is 122 cm³/mol. The molecule has 7 nitrogen and oxygen atoms in total. The van der Waals surface area contributed by atoms with Crippen LogP contribution in [-0.2, 0) is 0 Å². The Morgan fingerprint density at radius 3 is 1.69 bits per heavy atom. The van der Waals surface area contributed by atoms with Gasteiger partial charge in [-0.25, -0.2) is 10.9 Å². The molecule has 10 heteroatoms. The smallest absolute Gasteiger partial charge is 0.230 e. The highest BCUT2D eigenvalue weighted by Crippen LogP contribution is 2.22. The fraction of sp³-hybridized carbons (Fsp3) is 0.211. The molecule has 29 heavy (non-hydrogen) atoms. The maximum atomic E-state index is 7.80. The van der Waals surface area contributed by atoms with Crippen molar-refractivity contribution in [1.82, 2.24) is 10.9 Å². The standard InChI is InChI=1S/C19H21Cl2N5O2.ClH/c1-3-27-17-9-15(20)7-5-13(17)11-23-25-19(22)26-24-12-14-6-8-16(21)10-18(14)28-4-2;/h5-12H,3-4H2,1-2H3,(H3,22,25,26);1H. The lowest BCUT2D eigenvalue weighted by molar-refractivity contribution is 0.339. The minimum atomic E-state index is -0.105. The van der Waals surface area contributed by atoms with E-state index in [0.29, 0.717) is 34.8 Å². The molecular weight excluding hydrogens is 437 g/mol. The van der Waals surface area contributed by atoms with Crippen LogP contribution in [0.25, 0.3) is 0 Å². The van der Waals surface area contributed by atoms with E-state index < -0.39 is 0 Å². The van der Waals surface area contributed by atoms with Gasteiger partial charge in [0.05, 0.1) is 25.6 Å². The van der Waals surface area contributed by atoms with E-state index in [0.717, 1.165) is 11.1 Å². The third kappa shape index (κ3) is 8.19. The first-order valence-corrected chi connectivity index (χ1v) is 9.30. The van der Waals surface area contributed by atoms with Crippen LogP contribution in [0.1, 0.15) is 25.0 Å². The average molecular weight is 459 g/mol. The van der Waals surface area contributed by atoms with Crippen LogP contribution in [0, 0.1) is 5.41 Å². The summed E-state index contributed by atoms with van der Waals surface area (Å²) in [7, 11) is 0. The van der Waals surface area contributed by atoms with Crippen LogP contribution in [0.3, 0.4) is 0 Å². The Kier molecular flexibility index (Phi) is 10.9. The molecule has 2 aromatic rings. The Balaban J connectivity index is 0.00000420. The van der Waals surface area contributed by atoms with Crippen LogP contribution in [0.2, 0.25) is 10.0 Å². The highest BCUT2D eigenvalue weighted by Gasteiger charge is 2.03. The summed E-state index contributed by atoms with van der Waals surface area (Å²) < 4.78 is 11.0. The van der Waals surface area contributed by atoms with Crippen LogP contribution in [0.15, 0.2) is 46.6 Å². The lowest BCUT2D eigenvalue weighted by Crippen LogP contribution is -2.29. The van der Waals surface area contributed by atoms with Crippen LogP contribution in [0.4, 0.5) is 0 Å². The maximum absolute atomic E-state index is 7.80. The van der Waals surface area contributed by atoms with Crippen LogP contribution in [0.5, 0.6) is 11.5 Å². The van der Waals surface area contributed by atoms with Gasteiger partial charge in [-0.15, -0.1) is 12.4 Å². The van der Waals surface area contributed by atoms with Gasteiger partial charge >= 0.3 is 0 Å². The Morgan fingerprint density at radius 1 is 0.897 bits per heavy atom. The minimum Gasteiger partial charge on any atom is -0.493 e. The number of hydrogen-bond acceptors (Lipinski definition) is 5. The highest BCUT2D eigenvalue weighted by atomic mass is 35.5. The van der Waals surface area contributed by atoms with Crippen LogP contribution < -0.4 is 20.3 Å². The third-order valence-corrected chi connectivity index (χ3v) is 3.78. The molecule has 0 fully saturated rings. The van der Waals surface area contributed by atoms with Crippen molar-refractivity contribution in [2.45, 2.75) is 13.8 Å². The van der Waals surface area contributed by atoms with Crippen molar-refractivity contribution in [2.75, 3.05) is 13.2 Å². The van der Waals surface area contributed by atoms with Gasteiger partial charge in [0.1, 0.15) is 11.5 Å². The second-order valence-electron chi connectivity index (χ2n) is 5.35. The fourth-order valence-electron chi connectivity index (χ4n) is 2.15. The fourth-order valence-corrected chi connectivity index (χ4v) is 2.47. The summed E-state index contributed by atoms with van der Waals surface area (Å²) in [6.45, 7) is 4.79. The van der Waals surface area contributed by atoms with Gasteiger partial charge in [0.15, 0.2) is 0 Å². The molecule has 0 saturated carbocycles. The van der Waals surface area contributed by atoms with E-state index in [4.69, 9.17) is 38.1 Å². The van der Waals surface area contributed by atoms with Gasteiger partial charge in [0.2, 0.25) is 5.96 Å². The van der Waals surface area contributed by atoms with E-state index in [1.807, 2.05) is 13.8 Å². The number of halogens is 3. The van der Waals surface area contributed by atoms with Crippen molar-refractivity contribution in [3.8, 4) is 11.5 Å². The summed E-state index contributed by atoms with van der Waals surface area (Å²) in [6.07, 6.45) is 3.07. The van der Waals surface area contributed by atoms with E-state index in [1.165, 1.54) is 12.4 Å². The van der Waals surface area contributed by atoms with E-state index in [1.54, 1.807) is 36.4 Å². The van der Waals surface area contributed by atoms with Crippen molar-refractivity contribution < 1.29 is 9.47 Å². The first-order chi connectivity index (χ1) is 13.5. The first kappa shape index (κ1) is 24.6. The van der Waals surface area contributed by atoms with E-state index in [9.17, 15) is 0 Å². The van der Waals surface area contributed by atoms with E-state index in [2.05, 4.69) is 21.1 Å². The molecule has 0 heterocycles. The number of hydrazone groups is 2. The van der Waals surface area contributed by atoms with Gasteiger partial charge in [-0.1, -0.05) is 23.2 Å². The first-order valence-electron chi connectivity index (χ1n) is 8.54. The largest absolute Gasteiger partial charge is 0.493 e. The Bertz CT molecular complexity index is 805. The molecule has 0 saturated heterocycles. The number of rotatable bonds is 8. The second-order valence-corrected chi connectivity index (χ2v) is 6.22. The molecule has 0 aliphatic carbocycles. The van der Waals surface area contributed by atoms with Crippen molar-refractivity contribution in [1.29, 1.82) is 5.41 Å². The number of ether oxygens (including phenoxy) is 2. The summed E-state index contributed by atoms with van der Waals surface area (Å²) in [6, 6.07) is 10.5. The van der Waals surface area contributed by atoms with Gasteiger partial charge in [0, 0.05) is 21.2 Å². The Labute approximate surface area is 186 Å². The molecule has 0 radical (unpaired) electrons. The lowest BCUT2D eigenvalue weighted by Gasteiger charge is -2.08. The summed E-state index contributed by atoms with van der Waals surface area (Å²) in [4.78, 5) is 0. The monoisotopic (exact) mass is 457 g/mol.